The summed E-state index contributed by atoms with van der Waals surface area (Å²) in [4.78, 5) is 4.43. The standard InChI is InChI=1S/C13H14ClN3O/c1-13(2)6-8(13)11-16-12(18-17-11)7-3-4-10(15)9(14)5-7/h3-5,8H,6,15H2,1-2H3. The normalized spacial score (nSPS) is 20.9. The molecule has 0 amide bonds. The van der Waals surface area contributed by atoms with Gasteiger partial charge >= 0.3 is 0 Å². The molecule has 1 aliphatic carbocycles. The Morgan fingerprint density at radius 1 is 1.44 bits per heavy atom. The largest absolute Gasteiger partial charge is 0.398 e. The molecule has 94 valence electrons. The van der Waals surface area contributed by atoms with Crippen LogP contribution in [-0.2, 0) is 0 Å². The van der Waals surface area contributed by atoms with Crippen LogP contribution in [0, 0.1) is 5.41 Å². The summed E-state index contributed by atoms with van der Waals surface area (Å²) < 4.78 is 5.28. The summed E-state index contributed by atoms with van der Waals surface area (Å²) in [6.07, 6.45) is 1.11. The molecule has 1 aromatic heterocycles. The molecule has 1 saturated carbocycles. The fourth-order valence-corrected chi connectivity index (χ4v) is 2.24. The Hall–Kier alpha value is -1.55. The van der Waals surface area contributed by atoms with Crippen LogP contribution in [0.1, 0.15) is 32.0 Å². The average Bonchev–Trinajstić information content (AvgIpc) is 2.78. The minimum Gasteiger partial charge on any atom is -0.398 e. The van der Waals surface area contributed by atoms with Crippen LogP contribution in [0.5, 0.6) is 0 Å². The third-order valence-corrected chi connectivity index (χ3v) is 3.84. The maximum atomic E-state index is 5.98. The van der Waals surface area contributed by atoms with E-state index in [-0.39, 0.29) is 0 Å². The summed E-state index contributed by atoms with van der Waals surface area (Å²) in [5, 5.41) is 4.54. The molecule has 2 aromatic rings. The van der Waals surface area contributed by atoms with E-state index in [4.69, 9.17) is 21.9 Å². The third kappa shape index (κ3) is 1.86. The zero-order valence-electron chi connectivity index (χ0n) is 10.3. The van der Waals surface area contributed by atoms with Crippen molar-refractivity contribution in [3.05, 3.63) is 29.0 Å². The number of aromatic nitrogens is 2. The van der Waals surface area contributed by atoms with E-state index in [1.807, 2.05) is 6.07 Å². The smallest absolute Gasteiger partial charge is 0.257 e. The van der Waals surface area contributed by atoms with Gasteiger partial charge in [-0.25, -0.2) is 0 Å². The molecule has 0 radical (unpaired) electrons. The monoisotopic (exact) mass is 263 g/mol. The Balaban J connectivity index is 1.91. The quantitative estimate of drug-likeness (QED) is 0.843. The van der Waals surface area contributed by atoms with Crippen molar-refractivity contribution in [1.82, 2.24) is 10.1 Å². The number of nitrogens with zero attached hydrogens (tertiary/aromatic N) is 2. The highest BCUT2D eigenvalue weighted by molar-refractivity contribution is 6.33. The van der Waals surface area contributed by atoms with Crippen LogP contribution >= 0.6 is 11.6 Å². The van der Waals surface area contributed by atoms with Gasteiger partial charge in [-0.1, -0.05) is 30.6 Å². The van der Waals surface area contributed by atoms with Gasteiger partial charge in [-0.2, -0.15) is 4.98 Å². The highest BCUT2D eigenvalue weighted by atomic mass is 35.5. The van der Waals surface area contributed by atoms with E-state index in [1.165, 1.54) is 0 Å². The van der Waals surface area contributed by atoms with Crippen molar-refractivity contribution in [2.45, 2.75) is 26.2 Å². The molecule has 1 aromatic carbocycles. The molecule has 0 spiro atoms. The van der Waals surface area contributed by atoms with Crippen LogP contribution in [-0.4, -0.2) is 10.1 Å². The summed E-state index contributed by atoms with van der Waals surface area (Å²) in [5.74, 6) is 1.68. The molecule has 2 N–H and O–H groups in total. The predicted molar refractivity (Wildman–Crippen MR) is 70.3 cm³/mol. The van der Waals surface area contributed by atoms with Gasteiger partial charge in [0.1, 0.15) is 0 Å². The maximum Gasteiger partial charge on any atom is 0.257 e. The van der Waals surface area contributed by atoms with Gasteiger partial charge in [0, 0.05) is 11.5 Å². The van der Waals surface area contributed by atoms with Crippen molar-refractivity contribution in [2.75, 3.05) is 5.73 Å². The summed E-state index contributed by atoms with van der Waals surface area (Å²) in [5.41, 5.74) is 7.30. The van der Waals surface area contributed by atoms with Crippen LogP contribution in [0.2, 0.25) is 5.02 Å². The Morgan fingerprint density at radius 3 is 2.78 bits per heavy atom. The molecule has 18 heavy (non-hydrogen) atoms. The lowest BCUT2D eigenvalue weighted by atomic mass is 10.1. The second kappa shape index (κ2) is 3.72. The molecule has 0 bridgehead atoms. The second-order valence-electron chi connectivity index (χ2n) is 5.44. The number of benzene rings is 1. The average molecular weight is 264 g/mol. The third-order valence-electron chi connectivity index (χ3n) is 3.51. The summed E-state index contributed by atoms with van der Waals surface area (Å²) in [7, 11) is 0. The van der Waals surface area contributed by atoms with Crippen LogP contribution in [0.3, 0.4) is 0 Å². The van der Waals surface area contributed by atoms with Crippen LogP contribution < -0.4 is 5.73 Å². The van der Waals surface area contributed by atoms with E-state index < -0.39 is 0 Å². The Morgan fingerprint density at radius 2 is 2.17 bits per heavy atom. The fraction of sp³-hybridized carbons (Fsp3) is 0.385. The molecule has 0 saturated heterocycles. The number of anilines is 1. The van der Waals surface area contributed by atoms with E-state index in [1.54, 1.807) is 12.1 Å². The van der Waals surface area contributed by atoms with Gasteiger partial charge in [0.25, 0.3) is 5.89 Å². The second-order valence-corrected chi connectivity index (χ2v) is 5.85. The first-order valence-corrected chi connectivity index (χ1v) is 6.24. The van der Waals surface area contributed by atoms with Crippen molar-refractivity contribution in [1.29, 1.82) is 0 Å². The lowest BCUT2D eigenvalue weighted by Gasteiger charge is -1.99. The lowest BCUT2D eigenvalue weighted by molar-refractivity contribution is 0.419. The number of rotatable bonds is 2. The Bertz CT molecular complexity index is 606. The van der Waals surface area contributed by atoms with Crippen molar-refractivity contribution in [3.63, 3.8) is 0 Å². The molecule has 0 aliphatic heterocycles. The number of hydrogen-bond donors (Lipinski definition) is 1. The van der Waals surface area contributed by atoms with Gasteiger partial charge < -0.3 is 10.3 Å². The number of halogens is 1. The lowest BCUT2D eigenvalue weighted by Crippen LogP contribution is -1.92. The van der Waals surface area contributed by atoms with Crippen LogP contribution in [0.4, 0.5) is 5.69 Å². The number of hydrogen-bond acceptors (Lipinski definition) is 4. The first-order chi connectivity index (χ1) is 8.47. The molecular formula is C13H14ClN3O. The first kappa shape index (κ1) is 11.5. The minimum atomic E-state index is 0.292. The van der Waals surface area contributed by atoms with E-state index in [0.717, 1.165) is 17.8 Å². The fourth-order valence-electron chi connectivity index (χ4n) is 2.06. The van der Waals surface area contributed by atoms with Gasteiger partial charge in [-0.05, 0) is 30.0 Å². The molecular weight excluding hydrogens is 250 g/mol. The van der Waals surface area contributed by atoms with Crippen molar-refractivity contribution in [2.24, 2.45) is 5.41 Å². The summed E-state index contributed by atoms with van der Waals surface area (Å²) in [6.45, 7) is 4.40. The van der Waals surface area contributed by atoms with Gasteiger partial charge in [0.15, 0.2) is 5.82 Å². The van der Waals surface area contributed by atoms with Gasteiger partial charge in [0.2, 0.25) is 0 Å². The van der Waals surface area contributed by atoms with E-state index in [9.17, 15) is 0 Å². The molecule has 1 atom stereocenters. The molecule has 1 unspecified atom stereocenters. The highest BCUT2D eigenvalue weighted by Gasteiger charge is 2.49. The van der Waals surface area contributed by atoms with Gasteiger partial charge in [-0.15, -0.1) is 0 Å². The van der Waals surface area contributed by atoms with Gasteiger partial charge in [-0.3, -0.25) is 0 Å². The van der Waals surface area contributed by atoms with E-state index >= 15 is 0 Å². The van der Waals surface area contributed by atoms with Crippen molar-refractivity contribution >= 4 is 17.3 Å². The highest BCUT2D eigenvalue weighted by Crippen LogP contribution is 2.57. The van der Waals surface area contributed by atoms with Crippen molar-refractivity contribution in [3.8, 4) is 11.5 Å². The SMILES string of the molecule is CC1(C)CC1c1noc(-c2ccc(N)c(Cl)c2)n1. The Kier molecular flexibility index (Phi) is 2.38. The van der Waals surface area contributed by atoms with Crippen LogP contribution in [0.25, 0.3) is 11.5 Å². The zero-order valence-corrected chi connectivity index (χ0v) is 11.0. The number of nitrogen functional groups attached to an aromatic ring is 1. The van der Waals surface area contributed by atoms with Gasteiger partial charge in [0.05, 0.1) is 10.7 Å². The number of nitrogens with two attached hydrogens (primary N) is 1. The topological polar surface area (TPSA) is 64.9 Å². The molecule has 1 heterocycles. The molecule has 1 aliphatic rings. The Labute approximate surface area is 110 Å². The van der Waals surface area contributed by atoms with Crippen molar-refractivity contribution < 1.29 is 4.52 Å². The predicted octanol–water partition coefficient (Wildman–Crippen LogP) is 3.49. The summed E-state index contributed by atoms with van der Waals surface area (Å²) >= 11 is 5.98. The van der Waals surface area contributed by atoms with E-state index in [0.29, 0.717) is 27.9 Å². The molecule has 4 nitrogen and oxygen atoms in total. The first-order valence-electron chi connectivity index (χ1n) is 5.86. The minimum absolute atomic E-state index is 0.292. The molecule has 5 heteroatoms. The van der Waals surface area contributed by atoms with Crippen LogP contribution in [0.15, 0.2) is 22.7 Å². The summed E-state index contributed by atoms with van der Waals surface area (Å²) in [6, 6.07) is 5.31. The zero-order chi connectivity index (χ0) is 12.9. The maximum absolute atomic E-state index is 5.98. The van der Waals surface area contributed by atoms with E-state index in [2.05, 4.69) is 24.0 Å². The molecule has 1 fully saturated rings. The molecule has 3 rings (SSSR count).